The monoisotopic (exact) mass is 258 g/mol. The Morgan fingerprint density at radius 1 is 0.789 bits per heavy atom. The van der Waals surface area contributed by atoms with E-state index in [1.54, 1.807) is 12.1 Å². The van der Waals surface area contributed by atoms with Gasteiger partial charge in [-0.3, -0.25) is 0 Å². The highest BCUT2D eigenvalue weighted by atomic mass is 16.3. The average Bonchev–Trinajstić information content (AvgIpc) is 2.39. The molecule has 0 amide bonds. The van der Waals surface area contributed by atoms with E-state index in [0.717, 1.165) is 24.0 Å². The fraction of sp³-hybridized carbons (Fsp3) is 0.250. The molecule has 2 aromatic carbocycles. The molecule has 3 heteroatoms. The molecule has 100 valence electrons. The lowest BCUT2D eigenvalue weighted by molar-refractivity contribution is 0.449. The van der Waals surface area contributed by atoms with Crippen LogP contribution in [0.2, 0.25) is 0 Å². The molecular formula is C16H18O3. The van der Waals surface area contributed by atoms with Gasteiger partial charge in [-0.2, -0.15) is 0 Å². The zero-order valence-corrected chi connectivity index (χ0v) is 11.1. The number of rotatable bonds is 3. The van der Waals surface area contributed by atoms with E-state index in [4.69, 9.17) is 0 Å². The van der Waals surface area contributed by atoms with Crippen molar-refractivity contribution in [1.29, 1.82) is 0 Å². The molecule has 0 atom stereocenters. The lowest BCUT2D eigenvalue weighted by Crippen LogP contribution is -1.93. The molecule has 0 unspecified atom stereocenters. The number of aryl methyl sites for hydroxylation is 2. The predicted octanol–water partition coefficient (Wildman–Crippen LogP) is 3.60. The highest BCUT2D eigenvalue weighted by molar-refractivity contribution is 5.81. The number of aromatic hydroxyl groups is 3. The lowest BCUT2D eigenvalue weighted by atomic mass is 9.94. The van der Waals surface area contributed by atoms with Gasteiger partial charge in [-0.25, -0.2) is 0 Å². The van der Waals surface area contributed by atoms with Crippen LogP contribution in [0.3, 0.4) is 0 Å². The Hall–Kier alpha value is -2.16. The van der Waals surface area contributed by atoms with Crippen LogP contribution in [-0.4, -0.2) is 15.3 Å². The lowest BCUT2D eigenvalue weighted by Gasteiger charge is -2.13. The van der Waals surface area contributed by atoms with Crippen molar-refractivity contribution < 1.29 is 15.3 Å². The quantitative estimate of drug-likeness (QED) is 0.788. The van der Waals surface area contributed by atoms with E-state index < -0.39 is 0 Å². The summed E-state index contributed by atoms with van der Waals surface area (Å²) in [4.78, 5) is 0. The van der Waals surface area contributed by atoms with Gasteiger partial charge in [0.05, 0.1) is 5.56 Å². The first kappa shape index (κ1) is 13.3. The van der Waals surface area contributed by atoms with Gasteiger partial charge in [0.25, 0.3) is 0 Å². The van der Waals surface area contributed by atoms with Crippen molar-refractivity contribution in [3.8, 4) is 28.4 Å². The van der Waals surface area contributed by atoms with Gasteiger partial charge in [0.1, 0.15) is 17.2 Å². The van der Waals surface area contributed by atoms with E-state index in [1.807, 2.05) is 19.9 Å². The molecule has 0 aliphatic heterocycles. The average molecular weight is 258 g/mol. The van der Waals surface area contributed by atoms with Crippen LogP contribution in [0.1, 0.15) is 25.0 Å². The smallest absolute Gasteiger partial charge is 0.127 e. The zero-order valence-electron chi connectivity index (χ0n) is 11.1. The Kier molecular flexibility index (Phi) is 3.65. The summed E-state index contributed by atoms with van der Waals surface area (Å²) < 4.78 is 0. The number of benzene rings is 2. The Bertz CT molecular complexity index is 583. The van der Waals surface area contributed by atoms with Crippen LogP contribution in [-0.2, 0) is 12.8 Å². The molecule has 3 N–H and O–H groups in total. The Balaban J connectivity index is 2.69. The molecule has 0 spiro atoms. The Morgan fingerprint density at radius 2 is 1.32 bits per heavy atom. The van der Waals surface area contributed by atoms with Gasteiger partial charge in [-0.15, -0.1) is 0 Å². The van der Waals surface area contributed by atoms with Crippen molar-refractivity contribution in [2.24, 2.45) is 0 Å². The van der Waals surface area contributed by atoms with Crippen LogP contribution in [0.4, 0.5) is 0 Å². The van der Waals surface area contributed by atoms with Crippen LogP contribution >= 0.6 is 0 Å². The minimum absolute atomic E-state index is 0.0402. The third kappa shape index (κ3) is 2.36. The molecule has 2 aromatic rings. The molecule has 3 nitrogen and oxygen atoms in total. The summed E-state index contributed by atoms with van der Waals surface area (Å²) in [5.74, 6) is -0.00551. The molecule has 0 radical (unpaired) electrons. The summed E-state index contributed by atoms with van der Waals surface area (Å²) in [5, 5.41) is 29.9. The van der Waals surface area contributed by atoms with Gasteiger partial charge in [0.2, 0.25) is 0 Å². The van der Waals surface area contributed by atoms with Crippen molar-refractivity contribution in [1.82, 2.24) is 0 Å². The molecule has 0 aliphatic carbocycles. The van der Waals surface area contributed by atoms with Crippen molar-refractivity contribution >= 4 is 0 Å². The first-order valence-electron chi connectivity index (χ1n) is 6.44. The molecular weight excluding hydrogens is 240 g/mol. The highest BCUT2D eigenvalue weighted by Crippen LogP contribution is 2.42. The molecule has 0 fully saturated rings. The second-order valence-electron chi connectivity index (χ2n) is 4.52. The van der Waals surface area contributed by atoms with Gasteiger partial charge < -0.3 is 15.3 Å². The number of phenols is 3. The topological polar surface area (TPSA) is 60.7 Å². The number of phenolic OH excluding ortho intramolecular Hbond substituents is 3. The van der Waals surface area contributed by atoms with Gasteiger partial charge >= 0.3 is 0 Å². The molecule has 0 aromatic heterocycles. The van der Waals surface area contributed by atoms with Crippen LogP contribution in [0, 0.1) is 0 Å². The van der Waals surface area contributed by atoms with Crippen LogP contribution in [0.5, 0.6) is 17.2 Å². The van der Waals surface area contributed by atoms with Gasteiger partial charge in [0, 0.05) is 5.56 Å². The maximum atomic E-state index is 10.1. The fourth-order valence-corrected chi connectivity index (χ4v) is 2.34. The Labute approximate surface area is 112 Å². The molecule has 0 aliphatic rings. The third-order valence-electron chi connectivity index (χ3n) is 3.37. The van der Waals surface area contributed by atoms with Gasteiger partial charge in [-0.05, 0) is 48.2 Å². The summed E-state index contributed by atoms with van der Waals surface area (Å²) in [6.07, 6.45) is 1.68. The first-order chi connectivity index (χ1) is 9.08. The van der Waals surface area contributed by atoms with E-state index in [0.29, 0.717) is 5.56 Å². The van der Waals surface area contributed by atoms with Crippen molar-refractivity contribution in [3.63, 3.8) is 0 Å². The molecule has 0 saturated heterocycles. The predicted molar refractivity (Wildman–Crippen MR) is 75.6 cm³/mol. The molecule has 19 heavy (non-hydrogen) atoms. The molecule has 2 rings (SSSR count). The van der Waals surface area contributed by atoms with Gasteiger partial charge in [-0.1, -0.05) is 19.9 Å². The summed E-state index contributed by atoms with van der Waals surface area (Å²) in [6, 6.07) is 8.09. The van der Waals surface area contributed by atoms with E-state index in [2.05, 4.69) is 0 Å². The Morgan fingerprint density at radius 3 is 1.84 bits per heavy atom. The van der Waals surface area contributed by atoms with Crippen LogP contribution in [0.15, 0.2) is 30.3 Å². The fourth-order valence-electron chi connectivity index (χ4n) is 2.34. The minimum atomic E-state index is -0.0402. The summed E-state index contributed by atoms with van der Waals surface area (Å²) in [6.45, 7) is 4.07. The summed E-state index contributed by atoms with van der Waals surface area (Å²) >= 11 is 0. The van der Waals surface area contributed by atoms with Crippen molar-refractivity contribution in [2.75, 3.05) is 0 Å². The summed E-state index contributed by atoms with van der Waals surface area (Å²) in [7, 11) is 0. The van der Waals surface area contributed by atoms with E-state index >= 15 is 0 Å². The van der Waals surface area contributed by atoms with Crippen molar-refractivity contribution in [3.05, 3.63) is 41.5 Å². The first-order valence-corrected chi connectivity index (χ1v) is 6.44. The third-order valence-corrected chi connectivity index (χ3v) is 3.37. The molecule has 0 bridgehead atoms. The standard InChI is InChI=1S/C16H18O3/c1-3-10-8-12(15(19)9-11(10)4-2)16-13(17)6-5-7-14(16)18/h5-9,17-19H,3-4H2,1-2H3. The second kappa shape index (κ2) is 5.22. The largest absolute Gasteiger partial charge is 0.507 e. The molecule has 0 heterocycles. The number of hydrogen-bond acceptors (Lipinski definition) is 3. The highest BCUT2D eigenvalue weighted by Gasteiger charge is 2.15. The van der Waals surface area contributed by atoms with Crippen molar-refractivity contribution in [2.45, 2.75) is 26.7 Å². The van der Waals surface area contributed by atoms with E-state index in [9.17, 15) is 15.3 Å². The molecule has 0 saturated carbocycles. The van der Waals surface area contributed by atoms with Crippen LogP contribution < -0.4 is 0 Å². The van der Waals surface area contributed by atoms with E-state index in [-0.39, 0.29) is 22.8 Å². The number of hydrogen-bond donors (Lipinski definition) is 3. The SMILES string of the molecule is CCc1cc(O)c(-c2c(O)cccc2O)cc1CC. The summed E-state index contributed by atoms with van der Waals surface area (Å²) in [5.41, 5.74) is 2.93. The maximum Gasteiger partial charge on any atom is 0.127 e. The second-order valence-corrected chi connectivity index (χ2v) is 4.52. The van der Waals surface area contributed by atoms with E-state index in [1.165, 1.54) is 12.1 Å². The minimum Gasteiger partial charge on any atom is -0.507 e. The maximum absolute atomic E-state index is 10.1. The normalized spacial score (nSPS) is 10.6. The van der Waals surface area contributed by atoms with Gasteiger partial charge in [0.15, 0.2) is 0 Å². The van der Waals surface area contributed by atoms with Crippen LogP contribution in [0.25, 0.3) is 11.1 Å². The zero-order chi connectivity index (χ0) is 14.0.